The molecular weight excluding hydrogens is 586 g/mol. The summed E-state index contributed by atoms with van der Waals surface area (Å²) in [5.74, 6) is 0.715. The zero-order valence-corrected chi connectivity index (χ0v) is 27.4. The number of carbonyl (C=O) groups excluding carboxylic acids is 2. The molecule has 3 unspecified atom stereocenters. The highest BCUT2D eigenvalue weighted by molar-refractivity contribution is 6.30. The van der Waals surface area contributed by atoms with Crippen LogP contribution in [0.2, 0.25) is 5.02 Å². The molecular formula is C36H50ClN5O3. The molecule has 244 valence electrons. The molecule has 45 heavy (non-hydrogen) atoms. The first kappa shape index (κ1) is 32.5. The van der Waals surface area contributed by atoms with Crippen LogP contribution in [0, 0.1) is 5.92 Å². The van der Waals surface area contributed by atoms with Crippen LogP contribution in [0.5, 0.6) is 0 Å². The van der Waals surface area contributed by atoms with E-state index in [0.717, 1.165) is 64.0 Å². The predicted octanol–water partition coefficient (Wildman–Crippen LogP) is 4.42. The third-order valence-corrected chi connectivity index (χ3v) is 10.6. The lowest BCUT2D eigenvalue weighted by Gasteiger charge is -2.43. The fourth-order valence-electron chi connectivity index (χ4n) is 7.81. The van der Waals surface area contributed by atoms with Gasteiger partial charge >= 0.3 is 0 Å². The van der Waals surface area contributed by atoms with Crippen LogP contribution >= 0.6 is 11.6 Å². The number of nitrogens with zero attached hydrogens (tertiary/aromatic N) is 3. The van der Waals surface area contributed by atoms with Crippen LogP contribution < -0.4 is 10.6 Å². The van der Waals surface area contributed by atoms with Crippen LogP contribution in [0.4, 0.5) is 0 Å². The van der Waals surface area contributed by atoms with Crippen molar-refractivity contribution in [3.05, 3.63) is 70.2 Å². The smallest absolute Gasteiger partial charge is 0.245 e. The van der Waals surface area contributed by atoms with E-state index in [-0.39, 0.29) is 17.9 Å². The fourth-order valence-corrected chi connectivity index (χ4v) is 7.94. The van der Waals surface area contributed by atoms with Gasteiger partial charge in [0.1, 0.15) is 6.04 Å². The SMILES string of the molecule is O=C(CC1NCc2ccccc21)NC(Cc1ccc(Cl)cc1)C(=O)N1CCN(C(CC2CCCCC2)CN2CCOCC2)CC1. The third kappa shape index (κ3) is 8.86. The molecule has 2 amide bonds. The van der Waals surface area contributed by atoms with E-state index in [9.17, 15) is 9.59 Å². The fraction of sp³-hybridized carbons (Fsp3) is 0.611. The van der Waals surface area contributed by atoms with Crippen molar-refractivity contribution in [1.29, 1.82) is 0 Å². The van der Waals surface area contributed by atoms with Crippen LogP contribution in [-0.4, -0.2) is 97.6 Å². The molecule has 3 aliphatic heterocycles. The molecule has 6 rings (SSSR count). The maximum absolute atomic E-state index is 14.1. The van der Waals surface area contributed by atoms with Gasteiger partial charge in [-0.1, -0.05) is 80.1 Å². The van der Waals surface area contributed by atoms with Gasteiger partial charge in [-0.3, -0.25) is 19.4 Å². The molecule has 2 aromatic carbocycles. The zero-order chi connectivity index (χ0) is 31.0. The number of piperazine rings is 1. The van der Waals surface area contributed by atoms with E-state index in [1.54, 1.807) is 0 Å². The predicted molar refractivity (Wildman–Crippen MR) is 178 cm³/mol. The molecule has 0 radical (unpaired) electrons. The number of hydrogen-bond acceptors (Lipinski definition) is 6. The lowest BCUT2D eigenvalue weighted by molar-refractivity contribution is -0.138. The summed E-state index contributed by atoms with van der Waals surface area (Å²) in [6.45, 7) is 8.63. The molecule has 0 aromatic heterocycles. The molecule has 3 atom stereocenters. The van der Waals surface area contributed by atoms with Crippen molar-refractivity contribution in [2.75, 3.05) is 59.0 Å². The Kier molecular flexibility index (Phi) is 11.4. The first-order valence-corrected chi connectivity index (χ1v) is 17.6. The second kappa shape index (κ2) is 15.9. The van der Waals surface area contributed by atoms with E-state index in [2.05, 4.69) is 32.6 Å². The highest BCUT2D eigenvalue weighted by atomic mass is 35.5. The Hall–Kier alpha value is -2.49. The molecule has 9 heteroatoms. The van der Waals surface area contributed by atoms with E-state index < -0.39 is 6.04 Å². The van der Waals surface area contributed by atoms with Crippen LogP contribution in [0.3, 0.4) is 0 Å². The number of carbonyl (C=O) groups is 2. The standard InChI is InChI=1S/C36H50ClN5O3/c37-30-12-10-28(11-13-30)23-34(39-35(43)24-33-32-9-5-4-8-29(32)25-38-33)36(44)42-16-14-41(15-17-42)31(22-27-6-2-1-3-7-27)26-40-18-20-45-21-19-40/h4-5,8-13,27,31,33-34,38H,1-3,6-7,14-26H2,(H,39,43). The van der Waals surface area contributed by atoms with Crippen molar-refractivity contribution >= 4 is 23.4 Å². The summed E-state index contributed by atoms with van der Waals surface area (Å²) in [5, 5.41) is 7.26. The summed E-state index contributed by atoms with van der Waals surface area (Å²) in [7, 11) is 0. The van der Waals surface area contributed by atoms with Crippen LogP contribution in [0.15, 0.2) is 48.5 Å². The van der Waals surface area contributed by atoms with Gasteiger partial charge in [-0.15, -0.1) is 0 Å². The van der Waals surface area contributed by atoms with Gasteiger partial charge in [-0.2, -0.15) is 0 Å². The Morgan fingerprint density at radius 1 is 0.933 bits per heavy atom. The average molecular weight is 636 g/mol. The van der Waals surface area contributed by atoms with Gasteiger partial charge in [0.2, 0.25) is 11.8 Å². The van der Waals surface area contributed by atoms with Crippen molar-refractivity contribution in [3.63, 3.8) is 0 Å². The first-order valence-electron chi connectivity index (χ1n) is 17.2. The minimum atomic E-state index is -0.617. The van der Waals surface area contributed by atoms with Crippen molar-refractivity contribution in [2.24, 2.45) is 5.92 Å². The summed E-state index contributed by atoms with van der Waals surface area (Å²) in [6, 6.07) is 15.7. The Labute approximate surface area is 273 Å². The maximum Gasteiger partial charge on any atom is 0.245 e. The van der Waals surface area contributed by atoms with Crippen LogP contribution in [0.1, 0.15) is 67.7 Å². The molecule has 2 saturated heterocycles. The number of ether oxygens (including phenoxy) is 1. The molecule has 4 aliphatic rings. The van der Waals surface area contributed by atoms with Gasteiger partial charge in [0.05, 0.1) is 13.2 Å². The quantitative estimate of drug-likeness (QED) is 0.381. The van der Waals surface area contributed by atoms with Crippen molar-refractivity contribution in [1.82, 2.24) is 25.3 Å². The summed E-state index contributed by atoms with van der Waals surface area (Å²) in [6.07, 6.45) is 8.81. The molecule has 0 bridgehead atoms. The van der Waals surface area contributed by atoms with Crippen LogP contribution in [0.25, 0.3) is 0 Å². The number of nitrogens with one attached hydrogen (secondary N) is 2. The van der Waals surface area contributed by atoms with Crippen molar-refractivity contribution < 1.29 is 14.3 Å². The largest absolute Gasteiger partial charge is 0.379 e. The molecule has 2 N–H and O–H groups in total. The Bertz CT molecular complexity index is 1240. The molecule has 8 nitrogen and oxygen atoms in total. The number of rotatable bonds is 11. The minimum Gasteiger partial charge on any atom is -0.379 e. The number of amides is 2. The van der Waals surface area contributed by atoms with Crippen molar-refractivity contribution in [2.45, 2.75) is 76.0 Å². The summed E-state index contributed by atoms with van der Waals surface area (Å²) in [5.41, 5.74) is 3.39. The number of hydrogen-bond donors (Lipinski definition) is 2. The van der Waals surface area contributed by atoms with Gasteiger partial charge in [-0.05, 0) is 41.2 Å². The maximum atomic E-state index is 14.1. The lowest BCUT2D eigenvalue weighted by atomic mass is 9.84. The Morgan fingerprint density at radius 3 is 2.42 bits per heavy atom. The van der Waals surface area contributed by atoms with E-state index in [0.29, 0.717) is 37.0 Å². The summed E-state index contributed by atoms with van der Waals surface area (Å²) >= 11 is 6.15. The van der Waals surface area contributed by atoms with Gasteiger partial charge in [0.15, 0.2) is 0 Å². The monoisotopic (exact) mass is 635 g/mol. The minimum absolute atomic E-state index is 0.00902. The average Bonchev–Trinajstić information content (AvgIpc) is 3.48. The van der Waals surface area contributed by atoms with E-state index in [1.165, 1.54) is 49.7 Å². The first-order chi connectivity index (χ1) is 22.0. The third-order valence-electron chi connectivity index (χ3n) is 10.4. The zero-order valence-electron chi connectivity index (χ0n) is 26.6. The van der Waals surface area contributed by atoms with E-state index >= 15 is 0 Å². The second-order valence-corrected chi connectivity index (χ2v) is 13.9. The van der Waals surface area contributed by atoms with Crippen LogP contribution in [-0.2, 0) is 27.3 Å². The van der Waals surface area contributed by atoms with Gasteiger partial charge < -0.3 is 20.3 Å². The topological polar surface area (TPSA) is 77.2 Å². The Morgan fingerprint density at radius 2 is 1.67 bits per heavy atom. The van der Waals surface area contributed by atoms with Crippen molar-refractivity contribution in [3.8, 4) is 0 Å². The van der Waals surface area contributed by atoms with E-state index in [1.807, 2.05) is 41.3 Å². The highest BCUT2D eigenvalue weighted by Crippen LogP contribution is 2.30. The second-order valence-electron chi connectivity index (χ2n) is 13.5. The lowest BCUT2D eigenvalue weighted by Crippen LogP contribution is -2.58. The molecule has 1 aliphatic carbocycles. The summed E-state index contributed by atoms with van der Waals surface area (Å²) in [4.78, 5) is 34.7. The summed E-state index contributed by atoms with van der Waals surface area (Å²) < 4.78 is 5.63. The molecule has 2 aromatic rings. The number of benzene rings is 2. The number of fused-ring (bicyclic) bond motifs is 1. The number of halogens is 1. The van der Waals surface area contributed by atoms with E-state index in [4.69, 9.17) is 16.3 Å². The highest BCUT2D eigenvalue weighted by Gasteiger charge is 2.34. The number of morpholine rings is 1. The molecule has 0 spiro atoms. The Balaban J connectivity index is 1.09. The molecule has 3 heterocycles. The normalized spacial score (nSPS) is 23.0. The van der Waals surface area contributed by atoms with Gasteiger partial charge in [-0.25, -0.2) is 0 Å². The van der Waals surface area contributed by atoms with Gasteiger partial charge in [0.25, 0.3) is 0 Å². The molecule has 3 fully saturated rings. The molecule has 1 saturated carbocycles. The van der Waals surface area contributed by atoms with Gasteiger partial charge in [0, 0.05) is 82.3 Å².